The first-order valence-corrected chi connectivity index (χ1v) is 6.93. The second kappa shape index (κ2) is 5.24. The Morgan fingerprint density at radius 1 is 1.24 bits per heavy atom. The van der Waals surface area contributed by atoms with E-state index in [1.54, 1.807) is 6.07 Å². The smallest absolute Gasteiger partial charge is 0.124 e. The van der Waals surface area contributed by atoms with E-state index in [2.05, 4.69) is 15.9 Å². The minimum atomic E-state index is -0.906. The molecule has 0 aliphatic heterocycles. The van der Waals surface area contributed by atoms with Crippen LogP contribution in [0.4, 0.5) is 4.39 Å². The van der Waals surface area contributed by atoms with Crippen molar-refractivity contribution in [3.05, 3.63) is 54.4 Å². The molecule has 0 amide bonds. The van der Waals surface area contributed by atoms with E-state index in [1.807, 2.05) is 0 Å². The second-order valence-electron chi connectivity index (χ2n) is 3.34. The number of hydrogen-bond donors (Lipinski definition) is 1. The summed E-state index contributed by atoms with van der Waals surface area (Å²) in [6, 6.07) is 5.55. The summed E-state index contributed by atoms with van der Waals surface area (Å²) in [6.45, 7) is 0. The van der Waals surface area contributed by atoms with Gasteiger partial charge in [0, 0.05) is 15.5 Å². The summed E-state index contributed by atoms with van der Waals surface area (Å²) >= 11 is 16.3. The zero-order valence-electron chi connectivity index (χ0n) is 8.25. The van der Waals surface area contributed by atoms with Crippen molar-refractivity contribution < 1.29 is 9.50 Å². The van der Waals surface area contributed by atoms with Crippen LogP contribution in [0.15, 0.2) is 28.1 Å². The van der Waals surface area contributed by atoms with Gasteiger partial charge >= 0.3 is 0 Å². The molecule has 0 saturated carbocycles. The van der Waals surface area contributed by atoms with E-state index in [1.165, 1.54) is 29.5 Å². The number of hydrogen-bond acceptors (Lipinski definition) is 2. The van der Waals surface area contributed by atoms with E-state index in [0.717, 1.165) is 3.79 Å². The van der Waals surface area contributed by atoms with Gasteiger partial charge in [-0.1, -0.05) is 29.3 Å². The van der Waals surface area contributed by atoms with Gasteiger partial charge in [0.15, 0.2) is 0 Å². The fraction of sp³-hybridized carbons (Fsp3) is 0.0909. The Kier molecular flexibility index (Phi) is 4.10. The minimum absolute atomic E-state index is 0.193. The van der Waals surface area contributed by atoms with Gasteiger partial charge in [0.2, 0.25) is 0 Å². The molecule has 1 heterocycles. The number of thiophene rings is 1. The Hall–Kier alpha value is -0.130. The summed E-state index contributed by atoms with van der Waals surface area (Å²) in [7, 11) is 0. The van der Waals surface area contributed by atoms with Gasteiger partial charge in [0.05, 0.1) is 8.81 Å². The largest absolute Gasteiger partial charge is 0.383 e. The van der Waals surface area contributed by atoms with Crippen molar-refractivity contribution in [2.45, 2.75) is 6.10 Å². The van der Waals surface area contributed by atoms with Crippen molar-refractivity contribution in [1.29, 1.82) is 0 Å². The first-order chi connectivity index (χ1) is 7.99. The fourth-order valence-corrected chi connectivity index (χ4v) is 3.40. The molecule has 0 aliphatic rings. The molecule has 1 aromatic heterocycles. The summed E-state index contributed by atoms with van der Waals surface area (Å²) in [5.41, 5.74) is 0.457. The topological polar surface area (TPSA) is 20.2 Å². The van der Waals surface area contributed by atoms with E-state index < -0.39 is 11.9 Å². The molecule has 2 rings (SSSR count). The standard InChI is InChI=1S/C11H6BrCl2FOS/c12-11-8(14)4-9(17-11)10(16)6-2-1-5(15)3-7(6)13/h1-4,10,16H. The monoisotopic (exact) mass is 354 g/mol. The maximum atomic E-state index is 12.9. The molecule has 1 unspecified atom stereocenters. The molecule has 1 aromatic carbocycles. The van der Waals surface area contributed by atoms with Crippen molar-refractivity contribution in [3.8, 4) is 0 Å². The van der Waals surface area contributed by atoms with Crippen LogP contribution in [0.3, 0.4) is 0 Å². The summed E-state index contributed by atoms with van der Waals surface area (Å²) in [5.74, 6) is -0.434. The van der Waals surface area contributed by atoms with Gasteiger partial charge in [-0.25, -0.2) is 4.39 Å². The minimum Gasteiger partial charge on any atom is -0.383 e. The van der Waals surface area contributed by atoms with Crippen LogP contribution >= 0.6 is 50.5 Å². The highest BCUT2D eigenvalue weighted by atomic mass is 79.9. The Bertz CT molecular complexity index is 539. The van der Waals surface area contributed by atoms with Crippen LogP contribution in [0, 0.1) is 5.82 Å². The van der Waals surface area contributed by atoms with Crippen molar-refractivity contribution in [1.82, 2.24) is 0 Å². The molecule has 0 fully saturated rings. The van der Waals surface area contributed by atoms with Crippen LogP contribution < -0.4 is 0 Å². The van der Waals surface area contributed by atoms with Crippen molar-refractivity contribution in [3.63, 3.8) is 0 Å². The van der Waals surface area contributed by atoms with Crippen LogP contribution in [0.5, 0.6) is 0 Å². The molecule has 0 radical (unpaired) electrons. The lowest BCUT2D eigenvalue weighted by Gasteiger charge is -2.10. The highest BCUT2D eigenvalue weighted by Gasteiger charge is 2.18. The lowest BCUT2D eigenvalue weighted by molar-refractivity contribution is 0.224. The third-order valence-corrected chi connectivity index (χ3v) is 5.05. The summed E-state index contributed by atoms with van der Waals surface area (Å²) in [4.78, 5) is 0.649. The highest BCUT2D eigenvalue weighted by Crippen LogP contribution is 2.38. The number of benzene rings is 1. The van der Waals surface area contributed by atoms with Crippen LogP contribution in [-0.2, 0) is 0 Å². The maximum absolute atomic E-state index is 12.9. The van der Waals surface area contributed by atoms with Gasteiger partial charge in [-0.3, -0.25) is 0 Å². The van der Waals surface area contributed by atoms with Gasteiger partial charge in [-0.15, -0.1) is 11.3 Å². The molecule has 0 saturated heterocycles. The molecule has 6 heteroatoms. The quantitative estimate of drug-likeness (QED) is 0.800. The molecule has 0 aliphatic carbocycles. The molecule has 0 bridgehead atoms. The number of halogens is 4. The van der Waals surface area contributed by atoms with Crippen LogP contribution in [0.1, 0.15) is 16.5 Å². The van der Waals surface area contributed by atoms with Crippen molar-refractivity contribution >= 4 is 50.5 Å². The van der Waals surface area contributed by atoms with E-state index in [0.29, 0.717) is 15.5 Å². The van der Waals surface area contributed by atoms with E-state index in [-0.39, 0.29) is 5.02 Å². The number of aliphatic hydroxyl groups excluding tert-OH is 1. The molecule has 1 atom stereocenters. The van der Waals surface area contributed by atoms with Gasteiger partial charge in [0.1, 0.15) is 11.9 Å². The zero-order chi connectivity index (χ0) is 12.6. The first kappa shape index (κ1) is 13.3. The summed E-state index contributed by atoms with van der Waals surface area (Å²) < 4.78 is 13.6. The molecule has 1 nitrogen and oxygen atoms in total. The van der Waals surface area contributed by atoms with Crippen LogP contribution in [0.25, 0.3) is 0 Å². The Morgan fingerprint density at radius 2 is 1.94 bits per heavy atom. The summed E-state index contributed by atoms with van der Waals surface area (Å²) in [5, 5.41) is 10.8. The predicted molar refractivity (Wildman–Crippen MR) is 72.5 cm³/mol. The predicted octanol–water partition coefficient (Wildman–Crippen LogP) is 5.04. The van der Waals surface area contributed by atoms with Gasteiger partial charge in [-0.05, 0) is 34.1 Å². The van der Waals surface area contributed by atoms with Gasteiger partial charge in [0.25, 0.3) is 0 Å². The molecule has 2 aromatic rings. The van der Waals surface area contributed by atoms with E-state index in [4.69, 9.17) is 23.2 Å². The maximum Gasteiger partial charge on any atom is 0.124 e. The Balaban J connectivity index is 2.39. The second-order valence-corrected chi connectivity index (χ2v) is 6.55. The van der Waals surface area contributed by atoms with Crippen molar-refractivity contribution in [2.24, 2.45) is 0 Å². The SMILES string of the molecule is OC(c1cc(Cl)c(Br)s1)c1ccc(F)cc1Cl. The highest BCUT2D eigenvalue weighted by molar-refractivity contribution is 9.11. The number of aliphatic hydroxyl groups is 1. The van der Waals surface area contributed by atoms with Gasteiger partial charge < -0.3 is 5.11 Å². The number of rotatable bonds is 2. The average molecular weight is 356 g/mol. The zero-order valence-corrected chi connectivity index (χ0v) is 12.2. The molecule has 1 N–H and O–H groups in total. The van der Waals surface area contributed by atoms with Gasteiger partial charge in [-0.2, -0.15) is 0 Å². The lowest BCUT2D eigenvalue weighted by Crippen LogP contribution is -1.98. The Labute approximate surface area is 120 Å². The van der Waals surface area contributed by atoms with Crippen LogP contribution in [-0.4, -0.2) is 5.11 Å². The normalized spacial score (nSPS) is 12.8. The van der Waals surface area contributed by atoms with E-state index in [9.17, 15) is 9.50 Å². The van der Waals surface area contributed by atoms with Crippen LogP contribution in [0.2, 0.25) is 10.0 Å². The summed E-state index contributed by atoms with van der Waals surface area (Å²) in [6.07, 6.45) is -0.906. The Morgan fingerprint density at radius 3 is 2.47 bits per heavy atom. The first-order valence-electron chi connectivity index (χ1n) is 4.57. The average Bonchev–Trinajstić information content (AvgIpc) is 2.58. The fourth-order valence-electron chi connectivity index (χ4n) is 1.37. The van der Waals surface area contributed by atoms with Crippen molar-refractivity contribution in [2.75, 3.05) is 0 Å². The third-order valence-electron chi connectivity index (χ3n) is 2.19. The van der Waals surface area contributed by atoms with E-state index >= 15 is 0 Å². The molecule has 17 heavy (non-hydrogen) atoms. The molecular weight excluding hydrogens is 350 g/mol. The molecule has 0 spiro atoms. The lowest BCUT2D eigenvalue weighted by atomic mass is 10.1. The molecular formula is C11H6BrCl2FOS. The molecule has 90 valence electrons. The third kappa shape index (κ3) is 2.83.